The lowest BCUT2D eigenvalue weighted by atomic mass is 10.1. The van der Waals surface area contributed by atoms with Crippen molar-refractivity contribution in [3.05, 3.63) is 41.4 Å². The highest BCUT2D eigenvalue weighted by Crippen LogP contribution is 2.28. The van der Waals surface area contributed by atoms with E-state index in [0.29, 0.717) is 23.9 Å². The molecule has 0 radical (unpaired) electrons. The minimum Gasteiger partial charge on any atom is -0.441 e. The maximum atomic E-state index is 14.0. The van der Waals surface area contributed by atoms with Crippen LogP contribution in [0.1, 0.15) is 31.7 Å². The monoisotopic (exact) mass is 294 g/mol. The smallest absolute Gasteiger partial charge is 0.194 e. The summed E-state index contributed by atoms with van der Waals surface area (Å²) in [4.78, 5) is 4.09. The molecule has 1 aromatic carbocycles. The van der Waals surface area contributed by atoms with Gasteiger partial charge in [-0.3, -0.25) is 0 Å². The van der Waals surface area contributed by atoms with E-state index in [4.69, 9.17) is 4.42 Å². The van der Waals surface area contributed by atoms with E-state index in [1.165, 1.54) is 18.3 Å². The normalized spacial score (nSPS) is 11.3. The Balaban J connectivity index is 2.08. The molecule has 5 heteroatoms. The highest BCUT2D eigenvalue weighted by molar-refractivity contribution is 5.59. The Morgan fingerprint density at radius 3 is 2.76 bits per heavy atom. The van der Waals surface area contributed by atoms with Gasteiger partial charge in [0.05, 0.1) is 11.8 Å². The third-order valence-corrected chi connectivity index (χ3v) is 3.20. The Hall–Kier alpha value is -1.75. The van der Waals surface area contributed by atoms with Gasteiger partial charge >= 0.3 is 0 Å². The molecule has 0 atom stereocenters. The summed E-state index contributed by atoms with van der Waals surface area (Å²) in [6.45, 7) is 6.59. The van der Waals surface area contributed by atoms with E-state index in [-0.39, 0.29) is 11.3 Å². The van der Waals surface area contributed by atoms with Crippen molar-refractivity contribution < 1.29 is 13.2 Å². The second kappa shape index (κ2) is 6.80. The van der Waals surface area contributed by atoms with Crippen molar-refractivity contribution in [1.82, 2.24) is 10.3 Å². The van der Waals surface area contributed by atoms with Crippen LogP contribution in [0.2, 0.25) is 0 Å². The van der Waals surface area contributed by atoms with Gasteiger partial charge in [0.1, 0.15) is 11.6 Å². The Bertz CT molecular complexity index is 608. The highest BCUT2D eigenvalue weighted by Gasteiger charge is 2.17. The minimum absolute atomic E-state index is 0.139. The van der Waals surface area contributed by atoms with Crippen molar-refractivity contribution in [2.45, 2.75) is 39.7 Å². The molecule has 0 saturated heterocycles. The maximum Gasteiger partial charge on any atom is 0.194 e. The number of aryl methyl sites for hydroxylation is 2. The van der Waals surface area contributed by atoms with Gasteiger partial charge in [0.15, 0.2) is 11.7 Å². The van der Waals surface area contributed by atoms with Gasteiger partial charge in [0.25, 0.3) is 0 Å². The van der Waals surface area contributed by atoms with E-state index in [1.807, 2.05) is 0 Å². The highest BCUT2D eigenvalue weighted by atomic mass is 19.1. The molecule has 1 aromatic heterocycles. The average molecular weight is 294 g/mol. The van der Waals surface area contributed by atoms with Crippen LogP contribution in [0, 0.1) is 18.6 Å². The summed E-state index contributed by atoms with van der Waals surface area (Å²) in [6, 6.07) is 3.08. The summed E-state index contributed by atoms with van der Waals surface area (Å²) in [7, 11) is 0. The topological polar surface area (TPSA) is 38.1 Å². The number of hydrogen-bond acceptors (Lipinski definition) is 3. The Morgan fingerprint density at radius 1 is 1.29 bits per heavy atom. The standard InChI is InChI=1S/C16H20F2N2O/c1-10(2)19-8-4-5-14-20-9-13(21-14)15-12(17)7-6-11(3)16(15)18/h6-7,9-10,19H,4-5,8H2,1-3H3. The zero-order valence-electron chi connectivity index (χ0n) is 12.5. The maximum absolute atomic E-state index is 14.0. The molecular weight excluding hydrogens is 274 g/mol. The number of oxazole rings is 1. The fourth-order valence-electron chi connectivity index (χ4n) is 2.05. The van der Waals surface area contributed by atoms with Crippen molar-refractivity contribution in [1.29, 1.82) is 0 Å². The average Bonchev–Trinajstić information content (AvgIpc) is 2.88. The molecule has 0 bridgehead atoms. The largest absolute Gasteiger partial charge is 0.441 e. The van der Waals surface area contributed by atoms with Crippen molar-refractivity contribution in [2.24, 2.45) is 0 Å². The number of nitrogens with one attached hydrogen (secondary N) is 1. The van der Waals surface area contributed by atoms with Crippen molar-refractivity contribution in [3.63, 3.8) is 0 Å². The molecule has 0 amide bonds. The van der Waals surface area contributed by atoms with Gasteiger partial charge in [0.2, 0.25) is 0 Å². The number of nitrogens with zero attached hydrogens (tertiary/aromatic N) is 1. The predicted octanol–water partition coefficient (Wildman–Crippen LogP) is 3.86. The van der Waals surface area contributed by atoms with Gasteiger partial charge in [-0.25, -0.2) is 13.8 Å². The summed E-state index contributed by atoms with van der Waals surface area (Å²) in [5, 5.41) is 3.29. The third kappa shape index (κ3) is 3.88. The number of rotatable bonds is 6. The van der Waals surface area contributed by atoms with Crippen LogP contribution < -0.4 is 5.32 Å². The van der Waals surface area contributed by atoms with Crippen LogP contribution in [0.15, 0.2) is 22.7 Å². The molecule has 0 unspecified atom stereocenters. The lowest BCUT2D eigenvalue weighted by Gasteiger charge is -2.06. The fourth-order valence-corrected chi connectivity index (χ4v) is 2.05. The SMILES string of the molecule is Cc1ccc(F)c(-c2cnc(CCCNC(C)C)o2)c1F. The van der Waals surface area contributed by atoms with E-state index in [0.717, 1.165) is 13.0 Å². The van der Waals surface area contributed by atoms with Gasteiger partial charge in [-0.05, 0) is 31.5 Å². The molecule has 1 heterocycles. The van der Waals surface area contributed by atoms with Crippen LogP contribution in [-0.2, 0) is 6.42 Å². The van der Waals surface area contributed by atoms with Gasteiger partial charge in [0, 0.05) is 12.5 Å². The van der Waals surface area contributed by atoms with Crippen LogP contribution >= 0.6 is 0 Å². The van der Waals surface area contributed by atoms with E-state index < -0.39 is 11.6 Å². The summed E-state index contributed by atoms with van der Waals surface area (Å²) >= 11 is 0. The number of benzene rings is 1. The van der Waals surface area contributed by atoms with E-state index in [2.05, 4.69) is 24.1 Å². The minimum atomic E-state index is -0.637. The molecular formula is C16H20F2N2O. The summed E-state index contributed by atoms with van der Waals surface area (Å²) in [6.07, 6.45) is 2.87. The molecule has 0 saturated carbocycles. The van der Waals surface area contributed by atoms with Crippen LogP contribution in [0.5, 0.6) is 0 Å². The van der Waals surface area contributed by atoms with E-state index in [1.54, 1.807) is 6.92 Å². The Labute approximate surface area is 123 Å². The number of hydrogen-bond donors (Lipinski definition) is 1. The third-order valence-electron chi connectivity index (χ3n) is 3.20. The first-order valence-electron chi connectivity index (χ1n) is 7.12. The van der Waals surface area contributed by atoms with Crippen LogP contribution in [-0.4, -0.2) is 17.6 Å². The van der Waals surface area contributed by atoms with E-state index >= 15 is 0 Å². The molecule has 0 spiro atoms. The molecule has 3 nitrogen and oxygen atoms in total. The molecule has 1 N–H and O–H groups in total. The van der Waals surface area contributed by atoms with Crippen molar-refractivity contribution >= 4 is 0 Å². The Morgan fingerprint density at radius 2 is 2.05 bits per heavy atom. The van der Waals surface area contributed by atoms with Gasteiger partial charge < -0.3 is 9.73 Å². The predicted molar refractivity (Wildman–Crippen MR) is 78.1 cm³/mol. The van der Waals surface area contributed by atoms with Crippen LogP contribution in [0.4, 0.5) is 8.78 Å². The molecule has 2 rings (SSSR count). The fraction of sp³-hybridized carbons (Fsp3) is 0.438. The first-order valence-corrected chi connectivity index (χ1v) is 7.12. The zero-order chi connectivity index (χ0) is 15.4. The molecule has 21 heavy (non-hydrogen) atoms. The van der Waals surface area contributed by atoms with Gasteiger partial charge in [-0.15, -0.1) is 0 Å². The summed E-state index contributed by atoms with van der Waals surface area (Å²) < 4.78 is 33.3. The first-order chi connectivity index (χ1) is 9.99. The second-order valence-electron chi connectivity index (χ2n) is 5.38. The molecule has 114 valence electrons. The van der Waals surface area contributed by atoms with Crippen molar-refractivity contribution in [2.75, 3.05) is 6.54 Å². The van der Waals surface area contributed by atoms with Crippen LogP contribution in [0.25, 0.3) is 11.3 Å². The summed E-state index contributed by atoms with van der Waals surface area (Å²) in [5.74, 6) is -0.599. The quantitative estimate of drug-likeness (QED) is 0.822. The lowest BCUT2D eigenvalue weighted by molar-refractivity contribution is 0.477. The number of aromatic nitrogens is 1. The number of halogens is 2. The molecule has 0 fully saturated rings. The van der Waals surface area contributed by atoms with Crippen LogP contribution in [0.3, 0.4) is 0 Å². The Kier molecular flexibility index (Phi) is 5.07. The zero-order valence-corrected chi connectivity index (χ0v) is 12.5. The molecule has 0 aliphatic carbocycles. The van der Waals surface area contributed by atoms with Gasteiger partial charge in [-0.1, -0.05) is 19.9 Å². The molecule has 2 aromatic rings. The van der Waals surface area contributed by atoms with E-state index in [9.17, 15) is 8.78 Å². The molecule has 0 aliphatic heterocycles. The van der Waals surface area contributed by atoms with Crippen molar-refractivity contribution in [3.8, 4) is 11.3 Å². The lowest BCUT2D eigenvalue weighted by Crippen LogP contribution is -2.23. The second-order valence-corrected chi connectivity index (χ2v) is 5.38. The van der Waals surface area contributed by atoms with Gasteiger partial charge in [-0.2, -0.15) is 0 Å². The first kappa shape index (κ1) is 15.6. The molecule has 0 aliphatic rings. The summed E-state index contributed by atoms with van der Waals surface area (Å²) in [5.41, 5.74) is 0.236.